The molecule has 0 aliphatic heterocycles. The molecule has 118 valence electrons. The van der Waals surface area contributed by atoms with Gasteiger partial charge in [-0.3, -0.25) is 10.1 Å². The van der Waals surface area contributed by atoms with Gasteiger partial charge in [0.2, 0.25) is 10.0 Å². The third kappa shape index (κ3) is 4.38. The lowest BCUT2D eigenvalue weighted by molar-refractivity contribution is -0.385. The summed E-state index contributed by atoms with van der Waals surface area (Å²) in [5.74, 6) is -0.132. The van der Waals surface area contributed by atoms with Gasteiger partial charge in [0.15, 0.2) is 0 Å². The summed E-state index contributed by atoms with van der Waals surface area (Å²) < 4.78 is 31.5. The van der Waals surface area contributed by atoms with Crippen molar-refractivity contribution in [3.63, 3.8) is 0 Å². The number of non-ortho nitro benzene ring substituents is 1. The van der Waals surface area contributed by atoms with Crippen molar-refractivity contribution in [3.05, 3.63) is 28.3 Å². The molecule has 1 aromatic rings. The molecule has 0 heterocycles. The van der Waals surface area contributed by atoms with Crippen LogP contribution in [-0.2, 0) is 10.0 Å². The second kappa shape index (κ2) is 6.37. The molecule has 1 aromatic carbocycles. The first-order chi connectivity index (χ1) is 9.63. The van der Waals surface area contributed by atoms with E-state index in [1.807, 2.05) is 0 Å². The van der Waals surface area contributed by atoms with Gasteiger partial charge in [0.25, 0.3) is 5.69 Å². The monoisotopic (exact) mass is 318 g/mol. The minimum atomic E-state index is -3.95. The summed E-state index contributed by atoms with van der Waals surface area (Å²) in [5.41, 5.74) is -1.45. The molecule has 9 heteroatoms. The molecular weight excluding hydrogens is 300 g/mol. The summed E-state index contributed by atoms with van der Waals surface area (Å²) in [6.07, 6.45) is 0.368. The molecule has 0 amide bonds. The number of aliphatic hydroxyl groups is 1. The largest absolute Gasteiger partial charge is 0.495 e. The van der Waals surface area contributed by atoms with E-state index >= 15 is 0 Å². The van der Waals surface area contributed by atoms with Crippen LogP contribution in [0.25, 0.3) is 0 Å². The Morgan fingerprint density at radius 2 is 2.10 bits per heavy atom. The molecule has 0 fully saturated rings. The van der Waals surface area contributed by atoms with E-state index in [0.29, 0.717) is 6.42 Å². The van der Waals surface area contributed by atoms with E-state index in [0.717, 1.165) is 18.2 Å². The first kappa shape index (κ1) is 17.3. The second-order valence-electron chi connectivity index (χ2n) is 4.77. The number of nitro groups is 1. The maximum atomic E-state index is 12.2. The average molecular weight is 318 g/mol. The van der Waals surface area contributed by atoms with Crippen LogP contribution in [0.5, 0.6) is 5.75 Å². The highest BCUT2D eigenvalue weighted by atomic mass is 32.2. The van der Waals surface area contributed by atoms with Crippen LogP contribution >= 0.6 is 0 Å². The summed E-state index contributed by atoms with van der Waals surface area (Å²) in [6.45, 7) is 3.05. The zero-order chi connectivity index (χ0) is 16.3. The summed E-state index contributed by atoms with van der Waals surface area (Å²) >= 11 is 0. The molecule has 0 aliphatic rings. The van der Waals surface area contributed by atoms with Crippen LogP contribution in [0.3, 0.4) is 0 Å². The SMILES string of the molecule is CCC(C)(O)CNS(=O)(=O)c1ccc([N+](=O)[O-])cc1OC. The lowest BCUT2D eigenvalue weighted by Crippen LogP contribution is -2.40. The fourth-order valence-electron chi connectivity index (χ4n) is 1.45. The lowest BCUT2D eigenvalue weighted by Gasteiger charge is -2.21. The van der Waals surface area contributed by atoms with E-state index in [2.05, 4.69) is 4.72 Å². The smallest absolute Gasteiger partial charge is 0.273 e. The van der Waals surface area contributed by atoms with Crippen LogP contribution in [-0.4, -0.2) is 37.7 Å². The molecule has 0 bridgehead atoms. The fourth-order valence-corrected chi connectivity index (χ4v) is 2.76. The Bertz CT molecular complexity index is 627. The van der Waals surface area contributed by atoms with Crippen molar-refractivity contribution in [3.8, 4) is 5.75 Å². The Kier molecular flexibility index (Phi) is 5.26. The number of nitrogens with one attached hydrogen (secondary N) is 1. The quantitative estimate of drug-likeness (QED) is 0.573. The van der Waals surface area contributed by atoms with Crippen LogP contribution in [0, 0.1) is 10.1 Å². The Morgan fingerprint density at radius 3 is 2.57 bits per heavy atom. The van der Waals surface area contributed by atoms with E-state index in [9.17, 15) is 23.6 Å². The number of nitro benzene ring substituents is 1. The highest BCUT2D eigenvalue weighted by Gasteiger charge is 2.26. The number of hydrogen-bond acceptors (Lipinski definition) is 6. The summed E-state index contributed by atoms with van der Waals surface area (Å²) in [7, 11) is -2.72. The fraction of sp³-hybridized carbons (Fsp3) is 0.500. The molecule has 0 spiro atoms. The maximum Gasteiger partial charge on any atom is 0.273 e. The van der Waals surface area contributed by atoms with Crippen molar-refractivity contribution < 1.29 is 23.2 Å². The Labute approximate surface area is 122 Å². The number of benzene rings is 1. The number of ether oxygens (including phenoxy) is 1. The summed E-state index contributed by atoms with van der Waals surface area (Å²) in [5, 5.41) is 20.5. The molecule has 1 rings (SSSR count). The number of methoxy groups -OCH3 is 1. The average Bonchev–Trinajstić information content (AvgIpc) is 2.44. The number of nitrogens with zero attached hydrogens (tertiary/aromatic N) is 1. The third-order valence-corrected chi connectivity index (χ3v) is 4.49. The van der Waals surface area contributed by atoms with Crippen molar-refractivity contribution >= 4 is 15.7 Å². The van der Waals surface area contributed by atoms with Crippen molar-refractivity contribution in [2.75, 3.05) is 13.7 Å². The van der Waals surface area contributed by atoms with Gasteiger partial charge in [0.05, 0.1) is 23.7 Å². The van der Waals surface area contributed by atoms with Crippen LogP contribution in [0.15, 0.2) is 23.1 Å². The predicted molar refractivity (Wildman–Crippen MR) is 75.8 cm³/mol. The molecule has 1 atom stereocenters. The number of sulfonamides is 1. The second-order valence-corrected chi connectivity index (χ2v) is 6.50. The van der Waals surface area contributed by atoms with Crippen molar-refractivity contribution in [2.24, 2.45) is 0 Å². The molecule has 0 aliphatic carbocycles. The van der Waals surface area contributed by atoms with Crippen LogP contribution in [0.2, 0.25) is 0 Å². The number of hydrogen-bond donors (Lipinski definition) is 2. The normalized spacial score (nSPS) is 14.5. The van der Waals surface area contributed by atoms with Gasteiger partial charge in [-0.15, -0.1) is 0 Å². The zero-order valence-electron chi connectivity index (χ0n) is 12.0. The molecule has 8 nitrogen and oxygen atoms in total. The van der Waals surface area contributed by atoms with Gasteiger partial charge in [-0.1, -0.05) is 6.92 Å². The van der Waals surface area contributed by atoms with Gasteiger partial charge in [-0.2, -0.15) is 0 Å². The van der Waals surface area contributed by atoms with E-state index in [-0.39, 0.29) is 22.9 Å². The molecular formula is C12H18N2O6S. The molecule has 21 heavy (non-hydrogen) atoms. The molecule has 0 aromatic heterocycles. The molecule has 0 saturated carbocycles. The van der Waals surface area contributed by atoms with Crippen molar-refractivity contribution in [1.82, 2.24) is 4.72 Å². The maximum absolute atomic E-state index is 12.2. The summed E-state index contributed by atoms with van der Waals surface area (Å²) in [6, 6.07) is 3.21. The van der Waals surface area contributed by atoms with Crippen LogP contribution < -0.4 is 9.46 Å². The van der Waals surface area contributed by atoms with Crippen molar-refractivity contribution in [1.29, 1.82) is 0 Å². The van der Waals surface area contributed by atoms with Gasteiger partial charge >= 0.3 is 0 Å². The molecule has 2 N–H and O–H groups in total. The number of rotatable bonds is 7. The van der Waals surface area contributed by atoms with E-state index < -0.39 is 20.5 Å². The minimum absolute atomic E-state index is 0.132. The molecule has 1 unspecified atom stereocenters. The minimum Gasteiger partial charge on any atom is -0.495 e. The Hall–Kier alpha value is -1.71. The molecule has 0 saturated heterocycles. The summed E-state index contributed by atoms with van der Waals surface area (Å²) in [4.78, 5) is 9.81. The van der Waals surface area contributed by atoms with E-state index in [1.54, 1.807) is 6.92 Å². The van der Waals surface area contributed by atoms with E-state index in [4.69, 9.17) is 4.74 Å². The van der Waals surface area contributed by atoms with Crippen LogP contribution in [0.4, 0.5) is 5.69 Å². The van der Waals surface area contributed by atoms with Gasteiger partial charge < -0.3 is 9.84 Å². The standard InChI is InChI=1S/C12H18N2O6S/c1-4-12(2,15)8-13-21(18,19)11-6-5-9(14(16)17)7-10(11)20-3/h5-7,13,15H,4,8H2,1-3H3. The van der Waals surface area contributed by atoms with Gasteiger partial charge in [-0.25, -0.2) is 13.1 Å². The predicted octanol–water partition coefficient (Wildman–Crippen LogP) is 1.04. The van der Waals surface area contributed by atoms with Crippen molar-refractivity contribution in [2.45, 2.75) is 30.8 Å². The van der Waals surface area contributed by atoms with Gasteiger partial charge in [0, 0.05) is 12.6 Å². The third-order valence-electron chi connectivity index (χ3n) is 3.05. The molecule has 0 radical (unpaired) electrons. The highest BCUT2D eigenvalue weighted by molar-refractivity contribution is 7.89. The Morgan fingerprint density at radius 1 is 1.48 bits per heavy atom. The van der Waals surface area contributed by atoms with Gasteiger partial charge in [-0.05, 0) is 19.4 Å². The first-order valence-corrected chi connectivity index (χ1v) is 7.66. The zero-order valence-corrected chi connectivity index (χ0v) is 12.8. The van der Waals surface area contributed by atoms with E-state index in [1.165, 1.54) is 14.0 Å². The topological polar surface area (TPSA) is 119 Å². The first-order valence-electron chi connectivity index (χ1n) is 6.17. The lowest BCUT2D eigenvalue weighted by atomic mass is 10.1. The van der Waals surface area contributed by atoms with Gasteiger partial charge in [0.1, 0.15) is 10.6 Å². The Balaban J connectivity index is 3.11. The van der Waals surface area contributed by atoms with Crippen LogP contribution in [0.1, 0.15) is 20.3 Å². The highest BCUT2D eigenvalue weighted by Crippen LogP contribution is 2.28.